The van der Waals surface area contributed by atoms with Gasteiger partial charge in [0.1, 0.15) is 0 Å². The van der Waals surface area contributed by atoms with Gasteiger partial charge in [-0.15, -0.1) is 0 Å². The number of carboxylic acid groups (broad SMARTS) is 2. The second-order valence-electron chi connectivity index (χ2n) is 5.50. The van der Waals surface area contributed by atoms with Crippen LogP contribution in [0.1, 0.15) is 19.4 Å². The fourth-order valence-corrected chi connectivity index (χ4v) is 2.28. The summed E-state index contributed by atoms with van der Waals surface area (Å²) >= 11 is 0. The number of carbonyl (C=O) groups is 2. The summed E-state index contributed by atoms with van der Waals surface area (Å²) in [5.74, 6) is -3.65. The lowest BCUT2D eigenvalue weighted by molar-refractivity contribution is -0.159. The van der Waals surface area contributed by atoms with Crippen LogP contribution in [0.15, 0.2) is 30.3 Å². The molecule has 0 aromatic heterocycles. The van der Waals surface area contributed by atoms with Gasteiger partial charge in [0, 0.05) is 38.8 Å². The molecule has 22 heavy (non-hydrogen) atoms. The zero-order valence-corrected chi connectivity index (χ0v) is 13.1. The van der Waals surface area contributed by atoms with Gasteiger partial charge in [0.05, 0.1) is 0 Å². The maximum absolute atomic E-state index is 9.10. The van der Waals surface area contributed by atoms with Crippen LogP contribution < -0.4 is 0 Å². The summed E-state index contributed by atoms with van der Waals surface area (Å²) in [5, 5.41) is 14.8. The van der Waals surface area contributed by atoms with Crippen molar-refractivity contribution in [2.24, 2.45) is 0 Å². The summed E-state index contributed by atoms with van der Waals surface area (Å²) in [6.45, 7) is 10.5. The maximum Gasteiger partial charge on any atom is 0.414 e. The molecule has 1 aromatic rings. The van der Waals surface area contributed by atoms with Gasteiger partial charge in [-0.1, -0.05) is 30.3 Å². The van der Waals surface area contributed by atoms with Crippen molar-refractivity contribution in [1.82, 2.24) is 9.80 Å². The van der Waals surface area contributed by atoms with Gasteiger partial charge >= 0.3 is 11.9 Å². The van der Waals surface area contributed by atoms with Gasteiger partial charge in [0.2, 0.25) is 0 Å². The number of nitrogens with zero attached hydrogens (tertiary/aromatic N) is 2. The topological polar surface area (TPSA) is 81.1 Å². The molecule has 1 saturated heterocycles. The molecule has 2 N–H and O–H groups in total. The summed E-state index contributed by atoms with van der Waals surface area (Å²) < 4.78 is 0. The number of rotatable bonds is 3. The fourth-order valence-electron chi connectivity index (χ4n) is 2.28. The van der Waals surface area contributed by atoms with Crippen molar-refractivity contribution in [2.75, 3.05) is 26.2 Å². The first-order valence-electron chi connectivity index (χ1n) is 7.36. The summed E-state index contributed by atoms with van der Waals surface area (Å²) in [6.07, 6.45) is 0. The van der Waals surface area contributed by atoms with E-state index in [9.17, 15) is 0 Å². The van der Waals surface area contributed by atoms with E-state index >= 15 is 0 Å². The van der Waals surface area contributed by atoms with Crippen LogP contribution >= 0.6 is 0 Å². The molecule has 0 radical (unpaired) electrons. The van der Waals surface area contributed by atoms with Gasteiger partial charge in [0.25, 0.3) is 0 Å². The molecular weight excluding hydrogens is 284 g/mol. The number of hydrogen-bond acceptors (Lipinski definition) is 4. The third-order valence-corrected chi connectivity index (χ3v) is 3.57. The van der Waals surface area contributed by atoms with Crippen LogP contribution in [0.3, 0.4) is 0 Å². The minimum atomic E-state index is -1.82. The van der Waals surface area contributed by atoms with Crippen LogP contribution in [-0.2, 0) is 16.1 Å². The number of hydrogen-bond donors (Lipinski definition) is 2. The second kappa shape index (κ2) is 9.17. The lowest BCUT2D eigenvalue weighted by Gasteiger charge is -2.36. The first-order valence-corrected chi connectivity index (χ1v) is 7.36. The SMILES string of the molecule is CC(C)N1CCN(Cc2ccccc2)CC1.O=C(O)C(=O)O. The van der Waals surface area contributed by atoms with E-state index in [1.807, 2.05) is 0 Å². The van der Waals surface area contributed by atoms with Crippen molar-refractivity contribution in [1.29, 1.82) is 0 Å². The molecule has 6 heteroatoms. The van der Waals surface area contributed by atoms with Gasteiger partial charge < -0.3 is 10.2 Å². The zero-order chi connectivity index (χ0) is 16.5. The first kappa shape index (κ1) is 18.1. The molecule has 1 fully saturated rings. The van der Waals surface area contributed by atoms with Gasteiger partial charge in [-0.3, -0.25) is 9.80 Å². The summed E-state index contributed by atoms with van der Waals surface area (Å²) in [6, 6.07) is 11.5. The van der Waals surface area contributed by atoms with Crippen LogP contribution in [0.2, 0.25) is 0 Å². The van der Waals surface area contributed by atoms with Crippen LogP contribution in [0, 0.1) is 0 Å². The Kier molecular flexibility index (Phi) is 7.56. The predicted octanol–water partition coefficient (Wildman–Crippen LogP) is 1.37. The Bertz CT molecular complexity index is 456. The Morgan fingerprint density at radius 1 is 1.00 bits per heavy atom. The highest BCUT2D eigenvalue weighted by Gasteiger charge is 2.18. The smallest absolute Gasteiger partial charge is 0.414 e. The third kappa shape index (κ3) is 6.69. The molecule has 0 atom stereocenters. The van der Waals surface area contributed by atoms with Crippen molar-refractivity contribution in [3.63, 3.8) is 0 Å². The molecule has 1 aliphatic rings. The standard InChI is InChI=1S/C14H22N2.C2H2O4/c1-13(2)16-10-8-15(9-11-16)12-14-6-4-3-5-7-14;3-1(4)2(5)6/h3-7,13H,8-12H2,1-2H3;(H,3,4)(H,5,6). The van der Waals surface area contributed by atoms with Crippen LogP contribution in [-0.4, -0.2) is 64.2 Å². The molecule has 0 bridgehead atoms. The third-order valence-electron chi connectivity index (χ3n) is 3.57. The van der Waals surface area contributed by atoms with Gasteiger partial charge in [-0.2, -0.15) is 0 Å². The minimum absolute atomic E-state index is 0.693. The van der Waals surface area contributed by atoms with Crippen molar-refractivity contribution in [3.8, 4) is 0 Å². The molecule has 1 heterocycles. The van der Waals surface area contributed by atoms with Gasteiger partial charge in [0.15, 0.2) is 0 Å². The minimum Gasteiger partial charge on any atom is -0.473 e. The highest BCUT2D eigenvalue weighted by molar-refractivity contribution is 6.27. The summed E-state index contributed by atoms with van der Waals surface area (Å²) in [7, 11) is 0. The second-order valence-corrected chi connectivity index (χ2v) is 5.50. The van der Waals surface area contributed by atoms with Crippen molar-refractivity contribution < 1.29 is 19.8 Å². The fraction of sp³-hybridized carbons (Fsp3) is 0.500. The monoisotopic (exact) mass is 308 g/mol. The average molecular weight is 308 g/mol. The van der Waals surface area contributed by atoms with E-state index in [2.05, 4.69) is 54.0 Å². The highest BCUT2D eigenvalue weighted by Crippen LogP contribution is 2.09. The Labute approximate surface area is 131 Å². The molecule has 1 aromatic carbocycles. The van der Waals surface area contributed by atoms with E-state index in [0.29, 0.717) is 6.04 Å². The average Bonchev–Trinajstić information content (AvgIpc) is 2.49. The van der Waals surface area contributed by atoms with E-state index in [-0.39, 0.29) is 0 Å². The van der Waals surface area contributed by atoms with Gasteiger partial charge in [-0.05, 0) is 19.4 Å². The molecule has 0 spiro atoms. The first-order chi connectivity index (χ1) is 10.4. The summed E-state index contributed by atoms with van der Waals surface area (Å²) in [4.78, 5) is 23.3. The molecule has 122 valence electrons. The number of piperazine rings is 1. The lowest BCUT2D eigenvalue weighted by Crippen LogP contribution is -2.48. The molecular formula is C16H24N2O4. The van der Waals surface area contributed by atoms with Crippen molar-refractivity contribution in [3.05, 3.63) is 35.9 Å². The van der Waals surface area contributed by atoms with E-state index in [0.717, 1.165) is 6.54 Å². The van der Waals surface area contributed by atoms with Gasteiger partial charge in [-0.25, -0.2) is 9.59 Å². The largest absolute Gasteiger partial charge is 0.473 e. The zero-order valence-electron chi connectivity index (χ0n) is 13.1. The quantitative estimate of drug-likeness (QED) is 0.821. The van der Waals surface area contributed by atoms with Crippen molar-refractivity contribution in [2.45, 2.75) is 26.4 Å². The Balaban J connectivity index is 0.000000346. The molecule has 0 aliphatic carbocycles. The van der Waals surface area contributed by atoms with Crippen LogP contribution in [0.4, 0.5) is 0 Å². The molecule has 0 amide bonds. The Morgan fingerprint density at radius 2 is 1.50 bits per heavy atom. The van der Waals surface area contributed by atoms with Crippen molar-refractivity contribution >= 4 is 11.9 Å². The van der Waals surface area contributed by atoms with E-state index in [1.54, 1.807) is 0 Å². The number of aliphatic carboxylic acids is 2. The summed E-state index contributed by atoms with van der Waals surface area (Å²) in [5.41, 5.74) is 1.43. The number of benzene rings is 1. The van der Waals surface area contributed by atoms with Crippen LogP contribution in [0.5, 0.6) is 0 Å². The normalized spacial score (nSPS) is 16.0. The van der Waals surface area contributed by atoms with Crippen LogP contribution in [0.25, 0.3) is 0 Å². The molecule has 2 rings (SSSR count). The molecule has 1 aliphatic heterocycles. The molecule has 0 unspecified atom stereocenters. The highest BCUT2D eigenvalue weighted by atomic mass is 16.4. The Hall–Kier alpha value is -1.92. The molecule has 6 nitrogen and oxygen atoms in total. The number of carboxylic acids is 2. The lowest BCUT2D eigenvalue weighted by atomic mass is 10.2. The Morgan fingerprint density at radius 3 is 1.91 bits per heavy atom. The van der Waals surface area contributed by atoms with E-state index in [1.165, 1.54) is 31.7 Å². The predicted molar refractivity (Wildman–Crippen MR) is 83.7 cm³/mol. The van der Waals surface area contributed by atoms with E-state index < -0.39 is 11.9 Å². The molecule has 0 saturated carbocycles. The van der Waals surface area contributed by atoms with E-state index in [4.69, 9.17) is 19.8 Å². The maximum atomic E-state index is 9.10.